The van der Waals surface area contributed by atoms with E-state index < -0.39 is 0 Å². The predicted molar refractivity (Wildman–Crippen MR) is 169 cm³/mol. The Kier molecular flexibility index (Phi) is 7.12. The quantitative estimate of drug-likeness (QED) is 0.237. The molecule has 0 amide bonds. The van der Waals surface area contributed by atoms with Crippen LogP contribution < -0.4 is 16.4 Å². The topological polar surface area (TPSA) is 17.8 Å². The number of aryl methyl sites for hydroxylation is 9. The monoisotopic (exact) mass is 510 g/mol. The second kappa shape index (κ2) is 10.4. The van der Waals surface area contributed by atoms with Gasteiger partial charge in [-0.15, -0.1) is 0 Å². The molecule has 0 aliphatic carbocycles. The first kappa shape index (κ1) is 26.7. The van der Waals surface area contributed by atoms with E-state index in [0.717, 1.165) is 11.4 Å². The van der Waals surface area contributed by atoms with Crippen LogP contribution in [0.5, 0.6) is 0 Å². The Labute approximate surface area is 234 Å². The summed E-state index contributed by atoms with van der Waals surface area (Å²) in [4.78, 5) is 0. The van der Waals surface area contributed by atoms with E-state index >= 15 is 0 Å². The molecule has 0 saturated heterocycles. The van der Waals surface area contributed by atoms with E-state index in [4.69, 9.17) is 5.10 Å². The third kappa shape index (κ3) is 4.99. The van der Waals surface area contributed by atoms with Crippen LogP contribution in [-0.4, -0.2) is 16.5 Å². The van der Waals surface area contributed by atoms with Gasteiger partial charge in [-0.2, -0.15) is 5.10 Å². The minimum Gasteiger partial charge on any atom is -0.233 e. The summed E-state index contributed by atoms with van der Waals surface area (Å²) in [5.74, 6) is 0. The highest BCUT2D eigenvalue weighted by molar-refractivity contribution is 6.96. The van der Waals surface area contributed by atoms with E-state index in [0.29, 0.717) is 0 Å². The standard InChI is InChI=1S/C36H39BN2/c1-22-15-25(4)34(26(5)16-22)33-13-14-38-39(33)32-12-10-11-31(21-32)37(35-27(6)17-23(2)18-28(35)7)36-29(8)19-24(3)20-30(36)9/h10-21H,1-9H3. The highest BCUT2D eigenvalue weighted by atomic mass is 15.3. The SMILES string of the molecule is Cc1cc(C)c(B(c2cccc(-n3nccc3-c3c(C)cc(C)cc3C)c2)c2c(C)cc(C)cc2C)c(C)c1. The van der Waals surface area contributed by atoms with Gasteiger partial charge in [0.25, 0.3) is 0 Å². The van der Waals surface area contributed by atoms with Gasteiger partial charge in [0, 0.05) is 5.56 Å². The van der Waals surface area contributed by atoms with E-state index in [9.17, 15) is 0 Å². The van der Waals surface area contributed by atoms with Crippen molar-refractivity contribution in [3.63, 3.8) is 0 Å². The predicted octanol–water partition coefficient (Wildman–Crippen LogP) is 6.83. The zero-order chi connectivity index (χ0) is 28.0. The lowest BCUT2D eigenvalue weighted by atomic mass is 9.34. The Morgan fingerprint density at radius 2 is 1.00 bits per heavy atom. The Bertz CT molecular complexity index is 1580. The van der Waals surface area contributed by atoms with Gasteiger partial charge < -0.3 is 0 Å². The minimum atomic E-state index is 0.132. The number of hydrogen-bond acceptors (Lipinski definition) is 1. The summed E-state index contributed by atoms with van der Waals surface area (Å²) in [6.07, 6.45) is 1.92. The van der Waals surface area contributed by atoms with Crippen LogP contribution in [0.2, 0.25) is 0 Å². The lowest BCUT2D eigenvalue weighted by Crippen LogP contribution is -2.55. The number of hydrogen-bond donors (Lipinski definition) is 0. The molecular weight excluding hydrogens is 471 g/mol. The van der Waals surface area contributed by atoms with Gasteiger partial charge in [-0.25, -0.2) is 4.68 Å². The molecular formula is C36H39BN2. The van der Waals surface area contributed by atoms with Crippen molar-refractivity contribution < 1.29 is 0 Å². The molecule has 3 heteroatoms. The molecule has 0 aliphatic rings. The molecule has 0 spiro atoms. The minimum absolute atomic E-state index is 0.132. The van der Waals surface area contributed by atoms with Crippen LogP contribution in [0.3, 0.4) is 0 Å². The molecule has 0 radical (unpaired) electrons. The van der Waals surface area contributed by atoms with Crippen molar-refractivity contribution in [2.24, 2.45) is 0 Å². The van der Waals surface area contributed by atoms with Crippen molar-refractivity contribution in [2.45, 2.75) is 62.3 Å². The molecule has 0 unspecified atom stereocenters. The van der Waals surface area contributed by atoms with E-state index in [1.165, 1.54) is 72.0 Å². The summed E-state index contributed by atoms with van der Waals surface area (Å²) < 4.78 is 2.11. The Morgan fingerprint density at radius 1 is 0.538 bits per heavy atom. The van der Waals surface area contributed by atoms with Gasteiger partial charge in [0.1, 0.15) is 0 Å². The van der Waals surface area contributed by atoms with Crippen molar-refractivity contribution in [1.29, 1.82) is 0 Å². The zero-order valence-electron chi connectivity index (χ0n) is 24.9. The number of nitrogens with zero attached hydrogens (tertiary/aromatic N) is 2. The fourth-order valence-electron chi connectivity index (χ4n) is 6.89. The summed E-state index contributed by atoms with van der Waals surface area (Å²) in [6, 6.07) is 25.0. The van der Waals surface area contributed by atoms with Crippen LogP contribution >= 0.6 is 0 Å². The third-order valence-corrected chi connectivity index (χ3v) is 8.08. The summed E-state index contributed by atoms with van der Waals surface area (Å²) >= 11 is 0. The van der Waals surface area contributed by atoms with E-state index in [1.807, 2.05) is 6.20 Å². The van der Waals surface area contributed by atoms with Crippen molar-refractivity contribution in [1.82, 2.24) is 9.78 Å². The van der Waals surface area contributed by atoms with Crippen LogP contribution in [0.4, 0.5) is 0 Å². The maximum Gasteiger partial charge on any atom is 0.242 e. The second-order valence-corrected chi connectivity index (χ2v) is 11.6. The Balaban J connectivity index is 1.74. The van der Waals surface area contributed by atoms with Crippen molar-refractivity contribution in [3.05, 3.63) is 123 Å². The molecule has 0 saturated carbocycles. The first-order valence-corrected chi connectivity index (χ1v) is 13.9. The summed E-state index contributed by atoms with van der Waals surface area (Å²) in [7, 11) is 0. The van der Waals surface area contributed by atoms with Crippen molar-refractivity contribution in [3.8, 4) is 16.9 Å². The first-order chi connectivity index (χ1) is 18.5. The molecule has 1 aromatic heterocycles. The molecule has 0 fully saturated rings. The number of benzene rings is 4. The maximum atomic E-state index is 4.82. The average molecular weight is 511 g/mol. The summed E-state index contributed by atoms with van der Waals surface area (Å²) in [5.41, 5.74) is 19.4. The van der Waals surface area contributed by atoms with Gasteiger partial charge in [-0.3, -0.25) is 0 Å². The molecule has 39 heavy (non-hydrogen) atoms. The van der Waals surface area contributed by atoms with Gasteiger partial charge in [0.2, 0.25) is 6.71 Å². The van der Waals surface area contributed by atoms with Crippen LogP contribution in [0.25, 0.3) is 16.9 Å². The molecule has 196 valence electrons. The second-order valence-electron chi connectivity index (χ2n) is 11.6. The van der Waals surface area contributed by atoms with Crippen LogP contribution in [0.1, 0.15) is 50.1 Å². The largest absolute Gasteiger partial charge is 0.242 e. The van der Waals surface area contributed by atoms with Crippen LogP contribution in [-0.2, 0) is 0 Å². The average Bonchev–Trinajstić information content (AvgIpc) is 3.30. The van der Waals surface area contributed by atoms with E-state index in [-0.39, 0.29) is 6.71 Å². The highest BCUT2D eigenvalue weighted by Gasteiger charge is 2.29. The lowest BCUT2D eigenvalue weighted by molar-refractivity contribution is 0.887. The van der Waals surface area contributed by atoms with Gasteiger partial charge in [0.15, 0.2) is 0 Å². The zero-order valence-corrected chi connectivity index (χ0v) is 24.9. The smallest absolute Gasteiger partial charge is 0.233 e. The first-order valence-electron chi connectivity index (χ1n) is 13.9. The number of rotatable bonds is 5. The maximum absolute atomic E-state index is 4.82. The van der Waals surface area contributed by atoms with Crippen LogP contribution in [0, 0.1) is 62.3 Å². The Hall–Kier alpha value is -3.85. The fraction of sp³-hybridized carbons (Fsp3) is 0.250. The molecule has 4 aromatic carbocycles. The summed E-state index contributed by atoms with van der Waals surface area (Å²) in [5, 5.41) is 4.82. The molecule has 1 heterocycles. The fourth-order valence-corrected chi connectivity index (χ4v) is 6.89. The van der Waals surface area contributed by atoms with E-state index in [2.05, 4.69) is 134 Å². The lowest BCUT2D eigenvalue weighted by Gasteiger charge is -2.25. The molecule has 5 aromatic rings. The van der Waals surface area contributed by atoms with Gasteiger partial charge in [0.05, 0.1) is 17.6 Å². The normalized spacial score (nSPS) is 11.2. The Morgan fingerprint density at radius 3 is 1.49 bits per heavy atom. The van der Waals surface area contributed by atoms with Gasteiger partial charge in [-0.05, 0) is 91.6 Å². The highest BCUT2D eigenvalue weighted by Crippen LogP contribution is 2.30. The molecule has 2 nitrogen and oxygen atoms in total. The van der Waals surface area contributed by atoms with Crippen LogP contribution in [0.15, 0.2) is 72.9 Å². The van der Waals surface area contributed by atoms with E-state index in [1.54, 1.807) is 0 Å². The summed E-state index contributed by atoms with van der Waals surface area (Å²) in [6.45, 7) is 20.1. The third-order valence-electron chi connectivity index (χ3n) is 8.08. The van der Waals surface area contributed by atoms with Crippen molar-refractivity contribution >= 4 is 23.1 Å². The molecule has 5 rings (SSSR count). The molecule has 0 bridgehead atoms. The van der Waals surface area contributed by atoms with Gasteiger partial charge >= 0.3 is 0 Å². The molecule has 0 atom stereocenters. The molecule has 0 N–H and O–H groups in total. The molecule has 0 aliphatic heterocycles. The van der Waals surface area contributed by atoms with Gasteiger partial charge in [-0.1, -0.05) is 104 Å². The number of aromatic nitrogens is 2. The van der Waals surface area contributed by atoms with Crippen molar-refractivity contribution in [2.75, 3.05) is 0 Å².